The summed E-state index contributed by atoms with van der Waals surface area (Å²) in [7, 11) is 0. The Hall–Kier alpha value is -1.77. The van der Waals surface area contributed by atoms with E-state index in [0.29, 0.717) is 0 Å². The zero-order chi connectivity index (χ0) is 11.7. The van der Waals surface area contributed by atoms with Gasteiger partial charge in [0.1, 0.15) is 0 Å². The van der Waals surface area contributed by atoms with Gasteiger partial charge in [0.25, 0.3) is 0 Å². The second-order valence-corrected chi connectivity index (χ2v) is 4.62. The smallest absolute Gasteiger partial charge is 0.0724 e. The van der Waals surface area contributed by atoms with Crippen molar-refractivity contribution in [1.82, 2.24) is 4.98 Å². The molecule has 0 unspecified atom stereocenters. The topological polar surface area (TPSA) is 42.1 Å². The fourth-order valence-electron chi connectivity index (χ4n) is 2.57. The highest BCUT2D eigenvalue weighted by Crippen LogP contribution is 2.31. The molecule has 1 aliphatic heterocycles. The molecule has 1 saturated heterocycles. The van der Waals surface area contributed by atoms with E-state index in [1.807, 2.05) is 18.3 Å². The number of hydrogen-bond acceptors (Lipinski definition) is 3. The molecular weight excluding hydrogens is 210 g/mol. The van der Waals surface area contributed by atoms with Crippen LogP contribution in [0.3, 0.4) is 0 Å². The van der Waals surface area contributed by atoms with Crippen LogP contribution in [0, 0.1) is 0 Å². The molecule has 3 rings (SSSR count). The van der Waals surface area contributed by atoms with Gasteiger partial charge in [0.15, 0.2) is 0 Å². The molecule has 1 aromatic carbocycles. The van der Waals surface area contributed by atoms with Crippen molar-refractivity contribution in [1.29, 1.82) is 0 Å². The van der Waals surface area contributed by atoms with Gasteiger partial charge in [-0.05, 0) is 43.5 Å². The van der Waals surface area contributed by atoms with Gasteiger partial charge < -0.3 is 10.6 Å². The lowest BCUT2D eigenvalue weighted by molar-refractivity contribution is 0.578. The van der Waals surface area contributed by atoms with Gasteiger partial charge in [0.05, 0.1) is 16.9 Å². The number of nitrogen functional groups attached to an aromatic ring is 1. The van der Waals surface area contributed by atoms with Crippen molar-refractivity contribution in [2.45, 2.75) is 19.3 Å². The van der Waals surface area contributed by atoms with Crippen molar-refractivity contribution in [2.24, 2.45) is 0 Å². The van der Waals surface area contributed by atoms with E-state index >= 15 is 0 Å². The molecule has 1 aromatic heterocycles. The first-order valence-electron chi connectivity index (χ1n) is 6.24. The SMILES string of the molecule is Nc1c(N2CCCCC2)ccc2ncccc12. The van der Waals surface area contributed by atoms with Crippen molar-refractivity contribution in [2.75, 3.05) is 23.7 Å². The number of benzene rings is 1. The van der Waals surface area contributed by atoms with Crippen LogP contribution in [0.4, 0.5) is 11.4 Å². The number of fused-ring (bicyclic) bond motifs is 1. The predicted molar refractivity (Wildman–Crippen MR) is 72.2 cm³/mol. The minimum atomic E-state index is 0.873. The summed E-state index contributed by atoms with van der Waals surface area (Å²) in [5.41, 5.74) is 9.29. The number of rotatable bonds is 1. The maximum atomic E-state index is 6.27. The molecule has 88 valence electrons. The van der Waals surface area contributed by atoms with Crippen molar-refractivity contribution in [3.63, 3.8) is 0 Å². The highest BCUT2D eigenvalue weighted by Gasteiger charge is 2.14. The zero-order valence-corrected chi connectivity index (χ0v) is 9.89. The Balaban J connectivity index is 2.07. The molecule has 3 nitrogen and oxygen atoms in total. The summed E-state index contributed by atoms with van der Waals surface area (Å²) < 4.78 is 0. The Morgan fingerprint density at radius 3 is 2.71 bits per heavy atom. The number of nitrogens with two attached hydrogens (primary N) is 1. The predicted octanol–water partition coefficient (Wildman–Crippen LogP) is 2.81. The summed E-state index contributed by atoms with van der Waals surface area (Å²) in [4.78, 5) is 6.72. The van der Waals surface area contributed by atoms with Gasteiger partial charge in [-0.3, -0.25) is 4.98 Å². The van der Waals surface area contributed by atoms with Crippen molar-refractivity contribution in [3.8, 4) is 0 Å². The van der Waals surface area contributed by atoms with Crippen LogP contribution >= 0.6 is 0 Å². The minimum absolute atomic E-state index is 0.873. The molecule has 2 aromatic rings. The van der Waals surface area contributed by atoms with Gasteiger partial charge in [0, 0.05) is 24.7 Å². The van der Waals surface area contributed by atoms with Gasteiger partial charge in [-0.2, -0.15) is 0 Å². The summed E-state index contributed by atoms with van der Waals surface area (Å²) in [5.74, 6) is 0. The van der Waals surface area contributed by atoms with E-state index in [1.54, 1.807) is 0 Å². The Morgan fingerprint density at radius 2 is 1.88 bits per heavy atom. The molecule has 0 atom stereocenters. The standard InChI is InChI=1S/C14H17N3/c15-14-11-5-4-8-16-12(11)6-7-13(14)17-9-2-1-3-10-17/h4-8H,1-3,9-10,15H2. The van der Waals surface area contributed by atoms with Crippen LogP contribution in [-0.2, 0) is 0 Å². The van der Waals surface area contributed by atoms with E-state index in [1.165, 1.54) is 24.9 Å². The lowest BCUT2D eigenvalue weighted by atomic mass is 10.1. The summed E-state index contributed by atoms with van der Waals surface area (Å²) in [6.45, 7) is 2.24. The summed E-state index contributed by atoms with van der Waals surface area (Å²) in [6.07, 6.45) is 5.68. The van der Waals surface area contributed by atoms with Crippen LogP contribution in [0.5, 0.6) is 0 Å². The summed E-state index contributed by atoms with van der Waals surface area (Å²) in [5, 5.41) is 1.07. The second kappa shape index (κ2) is 4.24. The van der Waals surface area contributed by atoms with E-state index in [0.717, 1.165) is 29.7 Å². The molecule has 0 aliphatic carbocycles. The molecule has 0 radical (unpaired) electrons. The fourth-order valence-corrected chi connectivity index (χ4v) is 2.57. The van der Waals surface area contributed by atoms with Gasteiger partial charge in [-0.15, -0.1) is 0 Å². The van der Waals surface area contributed by atoms with E-state index in [9.17, 15) is 0 Å². The van der Waals surface area contributed by atoms with Crippen LogP contribution in [0.1, 0.15) is 19.3 Å². The molecule has 0 saturated carbocycles. The van der Waals surface area contributed by atoms with E-state index < -0.39 is 0 Å². The Labute approximate surface area is 101 Å². The molecule has 2 heterocycles. The van der Waals surface area contributed by atoms with E-state index in [4.69, 9.17) is 5.73 Å². The lowest BCUT2D eigenvalue weighted by Gasteiger charge is -2.30. The number of aromatic nitrogens is 1. The maximum Gasteiger partial charge on any atom is 0.0724 e. The number of hydrogen-bond donors (Lipinski definition) is 1. The minimum Gasteiger partial charge on any atom is -0.396 e. The van der Waals surface area contributed by atoms with Crippen LogP contribution < -0.4 is 10.6 Å². The van der Waals surface area contributed by atoms with E-state index in [-0.39, 0.29) is 0 Å². The normalized spacial score (nSPS) is 16.4. The molecule has 1 aliphatic rings. The van der Waals surface area contributed by atoms with Crippen LogP contribution in [-0.4, -0.2) is 18.1 Å². The van der Waals surface area contributed by atoms with E-state index in [2.05, 4.69) is 22.0 Å². The fraction of sp³-hybridized carbons (Fsp3) is 0.357. The molecule has 0 amide bonds. The molecule has 1 fully saturated rings. The number of nitrogens with zero attached hydrogens (tertiary/aromatic N) is 2. The summed E-state index contributed by atoms with van der Waals surface area (Å²) >= 11 is 0. The zero-order valence-electron chi connectivity index (χ0n) is 9.89. The van der Waals surface area contributed by atoms with Gasteiger partial charge in [-0.1, -0.05) is 0 Å². The Morgan fingerprint density at radius 1 is 1.06 bits per heavy atom. The van der Waals surface area contributed by atoms with Crippen molar-refractivity contribution < 1.29 is 0 Å². The first kappa shape index (κ1) is 10.4. The maximum absolute atomic E-state index is 6.27. The summed E-state index contributed by atoms with van der Waals surface area (Å²) in [6, 6.07) is 8.16. The lowest BCUT2D eigenvalue weighted by Crippen LogP contribution is -2.30. The molecule has 2 N–H and O–H groups in total. The molecule has 0 bridgehead atoms. The third-order valence-corrected chi connectivity index (χ3v) is 3.50. The average Bonchev–Trinajstić information content (AvgIpc) is 2.40. The third-order valence-electron chi connectivity index (χ3n) is 3.50. The number of piperidine rings is 1. The highest BCUT2D eigenvalue weighted by molar-refractivity contribution is 5.97. The molecule has 0 spiro atoms. The molecule has 3 heteroatoms. The monoisotopic (exact) mass is 227 g/mol. The van der Waals surface area contributed by atoms with Gasteiger partial charge in [-0.25, -0.2) is 0 Å². The van der Waals surface area contributed by atoms with Crippen LogP contribution in [0.15, 0.2) is 30.5 Å². The van der Waals surface area contributed by atoms with Crippen LogP contribution in [0.2, 0.25) is 0 Å². The second-order valence-electron chi connectivity index (χ2n) is 4.62. The number of pyridine rings is 1. The molecule has 17 heavy (non-hydrogen) atoms. The highest BCUT2D eigenvalue weighted by atomic mass is 15.1. The first-order chi connectivity index (χ1) is 8.36. The quantitative estimate of drug-likeness (QED) is 0.762. The van der Waals surface area contributed by atoms with Gasteiger partial charge >= 0.3 is 0 Å². The average molecular weight is 227 g/mol. The Kier molecular flexibility index (Phi) is 2.59. The first-order valence-corrected chi connectivity index (χ1v) is 6.24. The number of anilines is 2. The van der Waals surface area contributed by atoms with Crippen molar-refractivity contribution in [3.05, 3.63) is 30.5 Å². The van der Waals surface area contributed by atoms with Crippen molar-refractivity contribution >= 4 is 22.3 Å². The Bertz CT molecular complexity index is 530. The molecular formula is C14H17N3. The van der Waals surface area contributed by atoms with Gasteiger partial charge in [0.2, 0.25) is 0 Å². The largest absolute Gasteiger partial charge is 0.396 e. The third kappa shape index (κ3) is 1.82. The van der Waals surface area contributed by atoms with Crippen LogP contribution in [0.25, 0.3) is 10.9 Å².